The second-order valence-corrected chi connectivity index (χ2v) is 7.81. The lowest BCUT2D eigenvalue weighted by molar-refractivity contribution is 0.167. The number of benzene rings is 2. The Kier molecular flexibility index (Phi) is 3.60. The van der Waals surface area contributed by atoms with Crippen molar-refractivity contribution in [1.82, 2.24) is 4.90 Å². The monoisotopic (exact) mass is 330 g/mol. The minimum absolute atomic E-state index is 0.562. The molecule has 114 valence electrons. The molecule has 0 N–H and O–H groups in total. The van der Waals surface area contributed by atoms with Gasteiger partial charge in [-0.15, -0.1) is 0 Å². The number of fused-ring (bicyclic) bond motifs is 2. The van der Waals surface area contributed by atoms with Crippen LogP contribution in [0.5, 0.6) is 0 Å². The maximum absolute atomic E-state index is 6.27. The van der Waals surface area contributed by atoms with Gasteiger partial charge in [0, 0.05) is 26.9 Å². The van der Waals surface area contributed by atoms with Crippen LogP contribution in [-0.4, -0.2) is 31.1 Å². The van der Waals surface area contributed by atoms with Crippen LogP contribution in [-0.2, 0) is 0 Å². The van der Waals surface area contributed by atoms with Gasteiger partial charge in [0.2, 0.25) is 0 Å². The Morgan fingerprint density at radius 1 is 1.05 bits per heavy atom. The second-order valence-electron chi connectivity index (χ2n) is 6.29. The van der Waals surface area contributed by atoms with Gasteiger partial charge in [0.15, 0.2) is 0 Å². The van der Waals surface area contributed by atoms with Crippen molar-refractivity contribution in [3.63, 3.8) is 0 Å². The highest BCUT2D eigenvalue weighted by Crippen LogP contribution is 2.51. The molecule has 0 saturated heterocycles. The third kappa shape index (κ3) is 2.32. The van der Waals surface area contributed by atoms with Crippen LogP contribution in [0.4, 0.5) is 11.4 Å². The third-order valence-corrected chi connectivity index (χ3v) is 6.07. The van der Waals surface area contributed by atoms with Gasteiger partial charge in [0.25, 0.3) is 0 Å². The molecule has 0 unspecified atom stereocenters. The summed E-state index contributed by atoms with van der Waals surface area (Å²) in [6.45, 7) is 0. The van der Waals surface area contributed by atoms with E-state index < -0.39 is 0 Å². The summed E-state index contributed by atoms with van der Waals surface area (Å²) in [6.07, 6.45) is 2.41. The first-order valence-corrected chi connectivity index (χ1v) is 8.85. The van der Waals surface area contributed by atoms with Crippen molar-refractivity contribution in [2.24, 2.45) is 0 Å². The molecule has 0 aromatic heterocycles. The van der Waals surface area contributed by atoms with Gasteiger partial charge < -0.3 is 9.80 Å². The lowest BCUT2D eigenvalue weighted by atomic mass is 9.84. The summed E-state index contributed by atoms with van der Waals surface area (Å²) in [4.78, 5) is 7.48. The van der Waals surface area contributed by atoms with E-state index in [2.05, 4.69) is 60.3 Å². The second kappa shape index (κ2) is 5.48. The number of hydrogen-bond donors (Lipinski definition) is 0. The molecule has 0 radical (unpaired) electrons. The first-order chi connectivity index (χ1) is 10.6. The van der Waals surface area contributed by atoms with Crippen molar-refractivity contribution in [1.29, 1.82) is 0 Å². The first-order valence-electron chi connectivity index (χ1n) is 7.65. The fourth-order valence-corrected chi connectivity index (χ4v) is 4.56. The van der Waals surface area contributed by atoms with Gasteiger partial charge in [-0.25, -0.2) is 0 Å². The maximum Gasteiger partial charge on any atom is 0.0570 e. The largest absolute Gasteiger partial charge is 0.336 e. The summed E-state index contributed by atoms with van der Waals surface area (Å²) < 4.78 is 0. The molecule has 0 spiro atoms. The van der Waals surface area contributed by atoms with Crippen molar-refractivity contribution in [3.05, 3.63) is 47.5 Å². The Morgan fingerprint density at radius 3 is 2.55 bits per heavy atom. The summed E-state index contributed by atoms with van der Waals surface area (Å²) in [5.74, 6) is 0. The van der Waals surface area contributed by atoms with Gasteiger partial charge >= 0.3 is 0 Å². The van der Waals surface area contributed by atoms with Crippen molar-refractivity contribution in [2.45, 2.75) is 34.7 Å². The van der Waals surface area contributed by atoms with E-state index in [-0.39, 0.29) is 0 Å². The summed E-state index contributed by atoms with van der Waals surface area (Å²) >= 11 is 8.11. The van der Waals surface area contributed by atoms with Crippen molar-refractivity contribution in [3.8, 4) is 0 Å². The quantitative estimate of drug-likeness (QED) is 0.762. The normalized spacial score (nSPS) is 23.0. The van der Waals surface area contributed by atoms with Crippen LogP contribution in [0.15, 0.2) is 52.3 Å². The van der Waals surface area contributed by atoms with E-state index in [9.17, 15) is 0 Å². The topological polar surface area (TPSA) is 6.48 Å². The molecule has 2 aliphatic rings. The predicted octanol–water partition coefficient (Wildman–Crippen LogP) is 5.04. The van der Waals surface area contributed by atoms with Crippen LogP contribution in [0.2, 0.25) is 5.02 Å². The highest BCUT2D eigenvalue weighted by molar-refractivity contribution is 7.99. The molecule has 1 aliphatic heterocycles. The maximum atomic E-state index is 6.27. The van der Waals surface area contributed by atoms with Gasteiger partial charge in [-0.3, -0.25) is 0 Å². The molecule has 2 aromatic carbocycles. The fourth-order valence-electron chi connectivity index (χ4n) is 3.34. The Hall–Kier alpha value is -1.16. The molecule has 4 rings (SSSR count). The zero-order valence-electron chi connectivity index (χ0n) is 12.8. The van der Waals surface area contributed by atoms with E-state index in [0.717, 1.165) is 5.02 Å². The van der Waals surface area contributed by atoms with Crippen molar-refractivity contribution >= 4 is 34.7 Å². The van der Waals surface area contributed by atoms with Gasteiger partial charge in [0.1, 0.15) is 0 Å². The SMILES string of the molecule is CN(C)C1CC(N2c3ccccc3Sc3ccc(Cl)cc32)C1. The summed E-state index contributed by atoms with van der Waals surface area (Å²) in [5.41, 5.74) is 2.59. The molecule has 1 heterocycles. The minimum atomic E-state index is 0.562. The van der Waals surface area contributed by atoms with E-state index in [1.165, 1.54) is 34.0 Å². The van der Waals surface area contributed by atoms with Gasteiger partial charge in [-0.2, -0.15) is 0 Å². The van der Waals surface area contributed by atoms with E-state index >= 15 is 0 Å². The van der Waals surface area contributed by atoms with Crippen LogP contribution in [0.25, 0.3) is 0 Å². The standard InChI is InChI=1S/C18H19ClN2S/c1-20(2)13-10-14(11-13)21-15-5-3-4-6-17(15)22-18-8-7-12(19)9-16(18)21/h3-9,13-14H,10-11H2,1-2H3. The van der Waals surface area contributed by atoms with E-state index in [1.807, 2.05) is 17.8 Å². The molecule has 1 saturated carbocycles. The molecule has 0 bridgehead atoms. The third-order valence-electron chi connectivity index (χ3n) is 4.71. The highest BCUT2D eigenvalue weighted by atomic mass is 35.5. The minimum Gasteiger partial charge on any atom is -0.336 e. The molecule has 4 heteroatoms. The lowest BCUT2D eigenvalue weighted by Gasteiger charge is -2.48. The Labute approximate surface area is 141 Å². The number of nitrogens with zero attached hydrogens (tertiary/aromatic N) is 2. The first kappa shape index (κ1) is 14.4. The van der Waals surface area contributed by atoms with Crippen LogP contribution < -0.4 is 4.90 Å². The molecule has 0 amide bonds. The molecule has 0 atom stereocenters. The predicted molar refractivity (Wildman–Crippen MR) is 94.7 cm³/mol. The number of hydrogen-bond acceptors (Lipinski definition) is 3. The number of halogens is 1. The van der Waals surface area contributed by atoms with Crippen LogP contribution in [0.1, 0.15) is 12.8 Å². The summed E-state index contributed by atoms with van der Waals surface area (Å²) in [5, 5.41) is 0.812. The zero-order valence-corrected chi connectivity index (χ0v) is 14.4. The van der Waals surface area contributed by atoms with E-state index in [1.54, 1.807) is 0 Å². The number of anilines is 2. The van der Waals surface area contributed by atoms with Gasteiger partial charge in [-0.05, 0) is 57.3 Å². The fraction of sp³-hybridized carbons (Fsp3) is 0.333. The highest BCUT2D eigenvalue weighted by Gasteiger charge is 2.38. The molecular formula is C18H19ClN2S. The molecular weight excluding hydrogens is 312 g/mol. The summed E-state index contributed by atoms with van der Waals surface area (Å²) in [7, 11) is 4.34. The summed E-state index contributed by atoms with van der Waals surface area (Å²) in [6, 6.07) is 16.2. The van der Waals surface area contributed by atoms with Gasteiger partial charge in [-0.1, -0.05) is 35.5 Å². The van der Waals surface area contributed by atoms with E-state index in [4.69, 9.17) is 11.6 Å². The average Bonchev–Trinajstić information content (AvgIpc) is 2.45. The number of para-hydroxylation sites is 1. The van der Waals surface area contributed by atoms with E-state index in [0.29, 0.717) is 12.1 Å². The Balaban J connectivity index is 1.75. The molecule has 1 fully saturated rings. The Morgan fingerprint density at radius 2 is 1.77 bits per heavy atom. The molecule has 22 heavy (non-hydrogen) atoms. The number of rotatable bonds is 2. The average molecular weight is 331 g/mol. The van der Waals surface area contributed by atoms with Crippen LogP contribution in [0, 0.1) is 0 Å². The lowest BCUT2D eigenvalue weighted by Crippen LogP contribution is -2.51. The smallest absolute Gasteiger partial charge is 0.0570 e. The molecule has 2 nitrogen and oxygen atoms in total. The van der Waals surface area contributed by atoms with Crippen molar-refractivity contribution < 1.29 is 0 Å². The van der Waals surface area contributed by atoms with Gasteiger partial charge in [0.05, 0.1) is 11.4 Å². The Bertz CT molecular complexity index is 710. The van der Waals surface area contributed by atoms with Crippen LogP contribution >= 0.6 is 23.4 Å². The van der Waals surface area contributed by atoms with Crippen LogP contribution in [0.3, 0.4) is 0 Å². The van der Waals surface area contributed by atoms with Crippen molar-refractivity contribution in [2.75, 3.05) is 19.0 Å². The molecule has 1 aliphatic carbocycles. The zero-order chi connectivity index (χ0) is 15.3. The molecule has 2 aromatic rings.